The average molecular weight is 881 g/mol. The number of nitrogens with zero attached hydrogens (tertiary/aromatic N) is 9. The lowest BCUT2D eigenvalue weighted by atomic mass is 10.1. The van der Waals surface area contributed by atoms with Crippen LogP contribution in [0.2, 0.25) is 5.02 Å². The van der Waals surface area contributed by atoms with Gasteiger partial charge in [-0.25, -0.2) is 19.6 Å². The van der Waals surface area contributed by atoms with Crippen molar-refractivity contribution in [2.75, 3.05) is 111 Å². The van der Waals surface area contributed by atoms with Crippen molar-refractivity contribution in [3.8, 4) is 0 Å². The molecular formula is C41H52ClF3N14O3. The minimum Gasteiger partial charge on any atom is -0.379 e. The van der Waals surface area contributed by atoms with Crippen LogP contribution in [0.3, 0.4) is 0 Å². The number of carbonyl (C=O) groups excluding carboxylic acids is 2. The Morgan fingerprint density at radius 2 is 1.50 bits per heavy atom. The molecule has 62 heavy (non-hydrogen) atoms. The maximum atomic E-state index is 13.8. The summed E-state index contributed by atoms with van der Waals surface area (Å²) in [6.45, 7) is 6.06. The Morgan fingerprint density at radius 3 is 2.15 bits per heavy atom. The number of alkyl halides is 3. The van der Waals surface area contributed by atoms with Gasteiger partial charge in [-0.3, -0.25) is 4.90 Å². The maximum Gasteiger partial charge on any atom is 0.416 e. The van der Waals surface area contributed by atoms with Crippen LogP contribution in [0.1, 0.15) is 29.5 Å². The maximum absolute atomic E-state index is 13.8. The Bertz CT molecular complexity index is 2210. The number of halogens is 4. The first-order valence-electron chi connectivity index (χ1n) is 20.4. The molecule has 3 aliphatic heterocycles. The van der Waals surface area contributed by atoms with Crippen molar-refractivity contribution in [3.05, 3.63) is 76.6 Å². The summed E-state index contributed by atoms with van der Waals surface area (Å²) in [4.78, 5) is 54.6. The highest BCUT2D eigenvalue weighted by Crippen LogP contribution is 2.35. The second kappa shape index (κ2) is 19.6. The topological polar surface area (TPSA) is 171 Å². The van der Waals surface area contributed by atoms with Gasteiger partial charge in [0.05, 0.1) is 25.0 Å². The zero-order valence-corrected chi connectivity index (χ0v) is 35.9. The number of hydrogen-bond acceptors (Lipinski definition) is 13. The fourth-order valence-corrected chi connectivity index (χ4v) is 7.99. The monoisotopic (exact) mass is 880 g/mol. The summed E-state index contributed by atoms with van der Waals surface area (Å²) >= 11 is 6.60. The van der Waals surface area contributed by atoms with E-state index >= 15 is 0 Å². The third-order valence-corrected chi connectivity index (χ3v) is 11.3. The first-order valence-corrected chi connectivity index (χ1v) is 20.8. The van der Waals surface area contributed by atoms with Crippen LogP contribution in [0.4, 0.5) is 63.4 Å². The van der Waals surface area contributed by atoms with Gasteiger partial charge in [0.1, 0.15) is 11.5 Å². The molecular weight excluding hydrogens is 829 g/mol. The van der Waals surface area contributed by atoms with Gasteiger partial charge in [0.15, 0.2) is 5.82 Å². The van der Waals surface area contributed by atoms with Crippen molar-refractivity contribution in [1.82, 2.24) is 40.4 Å². The quantitative estimate of drug-likeness (QED) is 0.115. The van der Waals surface area contributed by atoms with Crippen molar-refractivity contribution in [2.45, 2.75) is 44.2 Å². The van der Waals surface area contributed by atoms with E-state index in [0.717, 1.165) is 31.3 Å². The van der Waals surface area contributed by atoms with E-state index in [1.807, 2.05) is 24.1 Å². The molecule has 332 valence electrons. The van der Waals surface area contributed by atoms with Crippen LogP contribution < -0.4 is 41.3 Å². The SMILES string of the molecule is CNc1ncc(N(C)c2nccc(N3CCC(NC(=O)Nc4ccc(CN(C)C)c(C(F)(F)F)c4)C3)n2)c(N2CCC(NC(=O)Nc3ccc(CN4CCOCC4)c(Cl)c3)C2)n1. The van der Waals surface area contributed by atoms with E-state index in [4.69, 9.17) is 26.3 Å². The van der Waals surface area contributed by atoms with Crippen LogP contribution in [-0.4, -0.2) is 135 Å². The Balaban J connectivity index is 0.950. The summed E-state index contributed by atoms with van der Waals surface area (Å²) in [5.41, 5.74) is 1.63. The van der Waals surface area contributed by atoms with Crippen LogP contribution >= 0.6 is 11.6 Å². The summed E-state index contributed by atoms with van der Waals surface area (Å²) in [6.07, 6.45) is 0.0664. The summed E-state index contributed by atoms with van der Waals surface area (Å²) in [5.74, 6) is 2.09. The van der Waals surface area contributed by atoms with Crippen LogP contribution in [-0.2, 0) is 24.0 Å². The normalized spacial score (nSPS) is 18.2. The number of amides is 4. The highest BCUT2D eigenvalue weighted by atomic mass is 35.5. The summed E-state index contributed by atoms with van der Waals surface area (Å²) in [6, 6.07) is 9.79. The van der Waals surface area contributed by atoms with Crippen molar-refractivity contribution in [2.24, 2.45) is 0 Å². The zero-order chi connectivity index (χ0) is 44.0. The highest BCUT2D eigenvalue weighted by molar-refractivity contribution is 6.31. The molecule has 3 fully saturated rings. The second-order valence-corrected chi connectivity index (χ2v) is 16.2. The van der Waals surface area contributed by atoms with E-state index in [1.54, 1.807) is 55.5 Å². The van der Waals surface area contributed by atoms with E-state index in [2.05, 4.69) is 46.4 Å². The Hall–Kier alpha value is -5.70. The standard InChI is InChI=1S/C41H52ClF3N14O3/c1-46-37-48-21-34(36(54-37)59-14-11-31(25-59)52-40(61)50-29-8-6-27(33(42)20-29)23-57-15-17-62-18-16-57)56(4)38-47-12-9-35(53-38)58-13-10-30(24-58)51-39(60)49-28-7-5-26(22-55(2)3)32(19-28)41(43,44)45/h5-9,12,19-21,30-31H,10-11,13-18,22-25H2,1-4H3,(H,46,48,54)(H2,49,51,60)(H2,50,52,61). The van der Waals surface area contributed by atoms with Gasteiger partial charge in [-0.1, -0.05) is 23.7 Å². The number of benzene rings is 2. The van der Waals surface area contributed by atoms with E-state index < -0.39 is 17.8 Å². The van der Waals surface area contributed by atoms with Crippen LogP contribution in [0, 0.1) is 0 Å². The van der Waals surface area contributed by atoms with Crippen LogP contribution in [0.25, 0.3) is 0 Å². The summed E-state index contributed by atoms with van der Waals surface area (Å²) in [5, 5.41) is 15.0. The van der Waals surface area contributed by atoms with Gasteiger partial charge >= 0.3 is 18.2 Å². The van der Waals surface area contributed by atoms with Crippen molar-refractivity contribution >= 4 is 64.3 Å². The molecule has 7 rings (SSSR count). The molecule has 5 heterocycles. The number of anilines is 7. The van der Waals surface area contributed by atoms with E-state index in [0.29, 0.717) is 92.2 Å². The smallest absolute Gasteiger partial charge is 0.379 e. The number of rotatable bonds is 13. The highest BCUT2D eigenvalue weighted by Gasteiger charge is 2.34. The average Bonchev–Trinajstić information content (AvgIpc) is 3.91. The molecule has 4 aromatic rings. The lowest BCUT2D eigenvalue weighted by Gasteiger charge is -2.27. The van der Waals surface area contributed by atoms with E-state index in [1.165, 1.54) is 12.1 Å². The molecule has 2 atom stereocenters. The molecule has 3 aliphatic rings. The number of nitrogens with one attached hydrogen (secondary N) is 5. The van der Waals surface area contributed by atoms with Gasteiger partial charge in [-0.05, 0) is 68.4 Å². The first kappa shape index (κ1) is 44.4. The van der Waals surface area contributed by atoms with Gasteiger partial charge < -0.3 is 50.9 Å². The number of aromatic nitrogens is 4. The molecule has 2 aromatic carbocycles. The molecule has 0 radical (unpaired) electrons. The predicted octanol–water partition coefficient (Wildman–Crippen LogP) is 5.44. The van der Waals surface area contributed by atoms with E-state index in [-0.39, 0.29) is 35.9 Å². The Labute approximate surface area is 363 Å². The second-order valence-electron chi connectivity index (χ2n) is 15.8. The van der Waals surface area contributed by atoms with Gasteiger partial charge in [0.25, 0.3) is 0 Å². The molecule has 2 unspecified atom stereocenters. The van der Waals surface area contributed by atoms with Crippen LogP contribution in [0.5, 0.6) is 0 Å². The minimum absolute atomic E-state index is 0.0516. The number of urea groups is 2. The Kier molecular flexibility index (Phi) is 14.0. The molecule has 2 aromatic heterocycles. The van der Waals surface area contributed by atoms with E-state index in [9.17, 15) is 22.8 Å². The number of morpholine rings is 1. The van der Waals surface area contributed by atoms with Gasteiger partial charge in [0, 0.05) is 101 Å². The fourth-order valence-electron chi connectivity index (χ4n) is 7.75. The summed E-state index contributed by atoms with van der Waals surface area (Å²) in [7, 11) is 6.95. The first-order chi connectivity index (χ1) is 29.7. The van der Waals surface area contributed by atoms with Crippen molar-refractivity contribution < 1.29 is 27.5 Å². The molecule has 0 aliphatic carbocycles. The van der Waals surface area contributed by atoms with Gasteiger partial charge in [-0.2, -0.15) is 23.1 Å². The molecule has 3 saturated heterocycles. The number of carbonyl (C=O) groups is 2. The fraction of sp³-hybridized carbons (Fsp3) is 0.463. The lowest BCUT2D eigenvalue weighted by Crippen LogP contribution is -2.40. The minimum atomic E-state index is -4.57. The predicted molar refractivity (Wildman–Crippen MR) is 234 cm³/mol. The van der Waals surface area contributed by atoms with Crippen LogP contribution in [0.15, 0.2) is 54.9 Å². The van der Waals surface area contributed by atoms with Gasteiger partial charge in [-0.15, -0.1) is 0 Å². The largest absolute Gasteiger partial charge is 0.416 e. The molecule has 0 saturated carbocycles. The number of hydrogen-bond donors (Lipinski definition) is 5. The molecule has 4 amide bonds. The van der Waals surface area contributed by atoms with Crippen molar-refractivity contribution in [3.63, 3.8) is 0 Å². The zero-order valence-electron chi connectivity index (χ0n) is 35.1. The third-order valence-electron chi connectivity index (χ3n) is 10.9. The number of ether oxygens (including phenoxy) is 1. The Morgan fingerprint density at radius 1 is 0.855 bits per heavy atom. The molecule has 21 heteroatoms. The van der Waals surface area contributed by atoms with Gasteiger partial charge in [0.2, 0.25) is 11.9 Å². The third kappa shape index (κ3) is 11.2. The lowest BCUT2D eigenvalue weighted by molar-refractivity contribution is -0.138. The summed E-state index contributed by atoms with van der Waals surface area (Å²) < 4.78 is 46.9. The molecule has 17 nitrogen and oxygen atoms in total. The van der Waals surface area contributed by atoms with Crippen molar-refractivity contribution in [1.29, 1.82) is 0 Å². The molecule has 0 bridgehead atoms. The molecule has 5 N–H and O–H groups in total. The molecule has 0 spiro atoms.